The molecule has 0 radical (unpaired) electrons. The first-order valence-electron chi connectivity index (χ1n) is 6.10. The molecule has 0 saturated carbocycles. The number of aromatic nitrogens is 2. The van der Waals surface area contributed by atoms with Crippen LogP contribution < -0.4 is 5.32 Å². The van der Waals surface area contributed by atoms with E-state index in [-0.39, 0.29) is 0 Å². The van der Waals surface area contributed by atoms with Crippen molar-refractivity contribution in [3.05, 3.63) is 46.1 Å². The van der Waals surface area contributed by atoms with Gasteiger partial charge in [-0.25, -0.2) is 0 Å². The first kappa shape index (κ1) is 13.1. The highest BCUT2D eigenvalue weighted by Crippen LogP contribution is 2.19. The van der Waals surface area contributed by atoms with Crippen LogP contribution in [0.5, 0.6) is 0 Å². The second kappa shape index (κ2) is 5.57. The zero-order valence-electron chi connectivity index (χ0n) is 10.9. The summed E-state index contributed by atoms with van der Waals surface area (Å²) in [5, 5.41) is 7.80. The van der Waals surface area contributed by atoms with E-state index in [0.717, 1.165) is 16.8 Å². The van der Waals surface area contributed by atoms with Crippen LogP contribution in [-0.4, -0.2) is 9.78 Å². The predicted molar refractivity (Wildman–Crippen MR) is 78.8 cm³/mol. The lowest BCUT2D eigenvalue weighted by molar-refractivity contribution is 0.534. The van der Waals surface area contributed by atoms with Crippen LogP contribution in [0.1, 0.15) is 31.0 Å². The lowest BCUT2D eigenvalue weighted by Crippen LogP contribution is -2.04. The Morgan fingerprint density at radius 1 is 1.33 bits per heavy atom. The summed E-state index contributed by atoms with van der Waals surface area (Å²) in [6.45, 7) is 7.10. The van der Waals surface area contributed by atoms with Gasteiger partial charge in [0.15, 0.2) is 0 Å². The maximum atomic E-state index is 4.46. The van der Waals surface area contributed by atoms with E-state index >= 15 is 0 Å². The molecule has 1 N–H and O–H groups in total. The van der Waals surface area contributed by atoms with Crippen molar-refractivity contribution in [3.63, 3.8) is 0 Å². The standard InChI is InChI=1S/C14H18BrN3/c1-10(2)18-7-6-14(17-18)16-9-12-5-4-11(3)8-13(12)15/h4-8,10H,9H2,1-3H3,(H,16,17). The van der Waals surface area contributed by atoms with Crippen molar-refractivity contribution >= 4 is 21.7 Å². The number of benzene rings is 1. The summed E-state index contributed by atoms with van der Waals surface area (Å²) in [4.78, 5) is 0. The quantitative estimate of drug-likeness (QED) is 0.919. The molecule has 0 aliphatic rings. The normalized spacial score (nSPS) is 10.9. The number of halogens is 1. The van der Waals surface area contributed by atoms with Crippen LogP contribution in [0, 0.1) is 6.92 Å². The van der Waals surface area contributed by atoms with Gasteiger partial charge in [-0.3, -0.25) is 4.68 Å². The molecule has 3 nitrogen and oxygen atoms in total. The van der Waals surface area contributed by atoms with Gasteiger partial charge in [-0.2, -0.15) is 5.10 Å². The van der Waals surface area contributed by atoms with Crippen molar-refractivity contribution in [2.45, 2.75) is 33.4 Å². The second-order valence-corrected chi connectivity index (χ2v) is 5.58. The molecule has 0 spiro atoms. The van der Waals surface area contributed by atoms with E-state index in [4.69, 9.17) is 0 Å². The molecule has 0 unspecified atom stereocenters. The largest absolute Gasteiger partial charge is 0.364 e. The molecule has 0 aliphatic heterocycles. The predicted octanol–water partition coefficient (Wildman–Crippen LogP) is 4.15. The summed E-state index contributed by atoms with van der Waals surface area (Å²) in [6.07, 6.45) is 2.00. The first-order valence-corrected chi connectivity index (χ1v) is 6.89. The molecule has 0 saturated heterocycles. The summed E-state index contributed by atoms with van der Waals surface area (Å²) in [6, 6.07) is 8.78. The Morgan fingerprint density at radius 3 is 2.72 bits per heavy atom. The smallest absolute Gasteiger partial charge is 0.148 e. The Labute approximate surface area is 116 Å². The number of aryl methyl sites for hydroxylation is 1. The number of hydrogen-bond acceptors (Lipinski definition) is 2. The van der Waals surface area contributed by atoms with Crippen LogP contribution in [-0.2, 0) is 6.54 Å². The Morgan fingerprint density at radius 2 is 2.11 bits per heavy atom. The van der Waals surface area contributed by atoms with Crippen molar-refractivity contribution in [2.24, 2.45) is 0 Å². The summed E-state index contributed by atoms with van der Waals surface area (Å²) in [7, 11) is 0. The maximum absolute atomic E-state index is 4.46. The van der Waals surface area contributed by atoms with Gasteiger partial charge in [0.1, 0.15) is 5.82 Å². The molecule has 2 rings (SSSR count). The minimum absolute atomic E-state index is 0.395. The Bertz CT molecular complexity index is 532. The van der Waals surface area contributed by atoms with Gasteiger partial charge in [0.2, 0.25) is 0 Å². The number of nitrogens with zero attached hydrogens (tertiary/aromatic N) is 2. The summed E-state index contributed by atoms with van der Waals surface area (Å²) in [5.74, 6) is 0.913. The Balaban J connectivity index is 2.02. The fourth-order valence-corrected chi connectivity index (χ4v) is 2.33. The fourth-order valence-electron chi connectivity index (χ4n) is 1.70. The van der Waals surface area contributed by atoms with Gasteiger partial charge >= 0.3 is 0 Å². The van der Waals surface area contributed by atoms with Crippen LogP contribution in [0.15, 0.2) is 34.9 Å². The Hall–Kier alpha value is -1.29. The van der Waals surface area contributed by atoms with Crippen LogP contribution in [0.3, 0.4) is 0 Å². The molecule has 0 aliphatic carbocycles. The third kappa shape index (κ3) is 3.13. The monoisotopic (exact) mass is 307 g/mol. The molecule has 1 aromatic heterocycles. The summed E-state index contributed by atoms with van der Waals surface area (Å²) < 4.78 is 3.09. The average Bonchev–Trinajstić information content (AvgIpc) is 2.76. The topological polar surface area (TPSA) is 29.9 Å². The van der Waals surface area contributed by atoms with E-state index in [0.29, 0.717) is 6.04 Å². The molecule has 0 atom stereocenters. The minimum atomic E-state index is 0.395. The highest BCUT2D eigenvalue weighted by molar-refractivity contribution is 9.10. The molecule has 2 aromatic rings. The lowest BCUT2D eigenvalue weighted by atomic mass is 10.1. The zero-order chi connectivity index (χ0) is 13.1. The van der Waals surface area contributed by atoms with Crippen LogP contribution >= 0.6 is 15.9 Å². The molecule has 4 heteroatoms. The van der Waals surface area contributed by atoms with Crippen molar-refractivity contribution in [1.29, 1.82) is 0 Å². The molecule has 96 valence electrons. The molecule has 1 aromatic carbocycles. The van der Waals surface area contributed by atoms with E-state index in [1.165, 1.54) is 11.1 Å². The fraction of sp³-hybridized carbons (Fsp3) is 0.357. The van der Waals surface area contributed by atoms with E-state index < -0.39 is 0 Å². The molecule has 0 bridgehead atoms. The van der Waals surface area contributed by atoms with Gasteiger partial charge < -0.3 is 5.32 Å². The first-order chi connectivity index (χ1) is 8.56. The SMILES string of the molecule is Cc1ccc(CNc2ccn(C(C)C)n2)c(Br)c1. The van der Waals surface area contributed by atoms with Gasteiger partial charge in [-0.05, 0) is 38.0 Å². The number of nitrogens with one attached hydrogen (secondary N) is 1. The van der Waals surface area contributed by atoms with Crippen LogP contribution in [0.4, 0.5) is 5.82 Å². The van der Waals surface area contributed by atoms with E-state index in [2.05, 4.69) is 65.3 Å². The van der Waals surface area contributed by atoms with Crippen LogP contribution in [0.2, 0.25) is 0 Å². The molecule has 1 heterocycles. The summed E-state index contributed by atoms with van der Waals surface area (Å²) >= 11 is 3.58. The van der Waals surface area contributed by atoms with Gasteiger partial charge in [0.25, 0.3) is 0 Å². The third-order valence-electron chi connectivity index (χ3n) is 2.81. The number of anilines is 1. The molecular weight excluding hydrogens is 290 g/mol. The maximum Gasteiger partial charge on any atom is 0.148 e. The van der Waals surface area contributed by atoms with E-state index in [1.54, 1.807) is 0 Å². The molecule has 18 heavy (non-hydrogen) atoms. The van der Waals surface area contributed by atoms with Crippen molar-refractivity contribution < 1.29 is 0 Å². The van der Waals surface area contributed by atoms with Gasteiger partial charge in [-0.15, -0.1) is 0 Å². The van der Waals surface area contributed by atoms with Crippen molar-refractivity contribution in [3.8, 4) is 0 Å². The number of hydrogen-bond donors (Lipinski definition) is 1. The van der Waals surface area contributed by atoms with Gasteiger partial charge in [0.05, 0.1) is 0 Å². The Kier molecular flexibility index (Phi) is 4.07. The summed E-state index contributed by atoms with van der Waals surface area (Å²) in [5.41, 5.74) is 2.49. The molecule has 0 fully saturated rings. The van der Waals surface area contributed by atoms with E-state index in [9.17, 15) is 0 Å². The highest BCUT2D eigenvalue weighted by atomic mass is 79.9. The lowest BCUT2D eigenvalue weighted by Gasteiger charge is -2.07. The van der Waals surface area contributed by atoms with Crippen molar-refractivity contribution in [2.75, 3.05) is 5.32 Å². The van der Waals surface area contributed by atoms with Crippen LogP contribution in [0.25, 0.3) is 0 Å². The van der Waals surface area contributed by atoms with Gasteiger partial charge in [-0.1, -0.05) is 28.1 Å². The highest BCUT2D eigenvalue weighted by Gasteiger charge is 2.03. The van der Waals surface area contributed by atoms with Gasteiger partial charge in [0, 0.05) is 29.3 Å². The minimum Gasteiger partial charge on any atom is -0.364 e. The van der Waals surface area contributed by atoms with Crippen molar-refractivity contribution in [1.82, 2.24) is 9.78 Å². The molecule has 0 amide bonds. The number of rotatable bonds is 4. The average molecular weight is 308 g/mol. The van der Waals surface area contributed by atoms with E-state index in [1.807, 2.05) is 16.9 Å². The third-order valence-corrected chi connectivity index (χ3v) is 3.54. The zero-order valence-corrected chi connectivity index (χ0v) is 12.5. The molecular formula is C14H18BrN3. The second-order valence-electron chi connectivity index (χ2n) is 4.72.